The Hall–Kier alpha value is -2.33. The molecule has 0 saturated carbocycles. The number of H-pyrrole nitrogens is 1. The largest absolute Gasteiger partial charge is 0.295 e. The van der Waals surface area contributed by atoms with E-state index in [9.17, 15) is 17.6 Å². The molecule has 1 aliphatic heterocycles. The molecule has 1 aromatic heterocycles. The van der Waals surface area contributed by atoms with Gasteiger partial charge in [-0.05, 0) is 37.1 Å². The zero-order valence-corrected chi connectivity index (χ0v) is 13.5. The molecule has 1 atom stereocenters. The van der Waals surface area contributed by atoms with Crippen molar-refractivity contribution >= 4 is 21.9 Å². The Labute approximate surface area is 138 Å². The Bertz CT molecular complexity index is 807. The number of nitrogens with zero attached hydrogens (tertiary/aromatic N) is 3. The van der Waals surface area contributed by atoms with Crippen molar-refractivity contribution in [3.63, 3.8) is 0 Å². The standard InChI is InChI=1S/C14H16FN5O3S/c15-11-3-5-12(6-4-11)24(22,23)20-7-1-2-10(8-20)13(21)18-14-16-9-17-19-14/h3-6,9-10H,1-2,7-8H2,(H2,16,17,18,19,21)/t10-/m1/s1. The molecule has 1 fully saturated rings. The second-order valence-corrected chi connectivity index (χ2v) is 7.42. The molecule has 2 N–H and O–H groups in total. The number of hydrogen-bond acceptors (Lipinski definition) is 5. The van der Waals surface area contributed by atoms with Gasteiger partial charge in [-0.15, -0.1) is 0 Å². The number of carbonyl (C=O) groups is 1. The fraction of sp³-hybridized carbons (Fsp3) is 0.357. The number of halogens is 1. The zero-order valence-electron chi connectivity index (χ0n) is 12.6. The minimum Gasteiger partial charge on any atom is -0.295 e. The average molecular weight is 353 g/mol. The molecule has 0 radical (unpaired) electrons. The van der Waals surface area contributed by atoms with Gasteiger partial charge < -0.3 is 0 Å². The van der Waals surface area contributed by atoms with E-state index >= 15 is 0 Å². The average Bonchev–Trinajstić information content (AvgIpc) is 3.08. The summed E-state index contributed by atoms with van der Waals surface area (Å²) in [6, 6.07) is 4.65. The van der Waals surface area contributed by atoms with E-state index in [1.165, 1.54) is 22.8 Å². The van der Waals surface area contributed by atoms with Gasteiger partial charge in [0, 0.05) is 13.1 Å². The maximum atomic E-state index is 13.0. The van der Waals surface area contributed by atoms with Gasteiger partial charge in [0.1, 0.15) is 12.1 Å². The van der Waals surface area contributed by atoms with Crippen LogP contribution in [0.2, 0.25) is 0 Å². The van der Waals surface area contributed by atoms with E-state index < -0.39 is 21.8 Å². The summed E-state index contributed by atoms with van der Waals surface area (Å²) < 4.78 is 39.5. The van der Waals surface area contributed by atoms with E-state index in [0.29, 0.717) is 19.4 Å². The number of piperidine rings is 1. The van der Waals surface area contributed by atoms with Crippen LogP contribution >= 0.6 is 0 Å². The fourth-order valence-corrected chi connectivity index (χ4v) is 4.14. The fourth-order valence-electron chi connectivity index (χ4n) is 2.61. The molecule has 3 rings (SSSR count). The van der Waals surface area contributed by atoms with Gasteiger partial charge in [0.05, 0.1) is 10.8 Å². The molecule has 8 nitrogen and oxygen atoms in total. The lowest BCUT2D eigenvalue weighted by molar-refractivity contribution is -0.120. The van der Waals surface area contributed by atoms with Crippen molar-refractivity contribution in [2.75, 3.05) is 18.4 Å². The normalized spacial score (nSPS) is 19.1. The topological polar surface area (TPSA) is 108 Å². The van der Waals surface area contributed by atoms with Crippen LogP contribution in [0.15, 0.2) is 35.5 Å². The van der Waals surface area contributed by atoms with Crippen molar-refractivity contribution < 1.29 is 17.6 Å². The molecular formula is C14H16FN5O3S. The Morgan fingerprint density at radius 1 is 1.33 bits per heavy atom. The molecule has 1 aliphatic rings. The molecular weight excluding hydrogens is 337 g/mol. The highest BCUT2D eigenvalue weighted by Gasteiger charge is 2.33. The van der Waals surface area contributed by atoms with Gasteiger partial charge >= 0.3 is 0 Å². The summed E-state index contributed by atoms with van der Waals surface area (Å²) in [5, 5.41) is 8.72. The molecule has 2 aromatic rings. The van der Waals surface area contributed by atoms with E-state index in [0.717, 1.165) is 12.1 Å². The third-order valence-corrected chi connectivity index (χ3v) is 5.74. The van der Waals surface area contributed by atoms with Crippen LogP contribution in [-0.4, -0.2) is 46.9 Å². The van der Waals surface area contributed by atoms with Crippen molar-refractivity contribution in [3.8, 4) is 0 Å². The van der Waals surface area contributed by atoms with Gasteiger partial charge in [-0.3, -0.25) is 10.1 Å². The second kappa shape index (κ2) is 6.65. The van der Waals surface area contributed by atoms with Crippen LogP contribution in [0.3, 0.4) is 0 Å². The number of aromatic amines is 1. The van der Waals surface area contributed by atoms with Gasteiger partial charge in [-0.25, -0.2) is 17.9 Å². The van der Waals surface area contributed by atoms with Gasteiger partial charge in [-0.2, -0.15) is 14.4 Å². The molecule has 0 unspecified atom stereocenters. The molecule has 1 aromatic carbocycles. The van der Waals surface area contributed by atoms with Crippen LogP contribution in [0.5, 0.6) is 0 Å². The summed E-state index contributed by atoms with van der Waals surface area (Å²) in [5.41, 5.74) is 0. The van der Waals surface area contributed by atoms with Crippen molar-refractivity contribution in [1.29, 1.82) is 0 Å². The van der Waals surface area contributed by atoms with Crippen molar-refractivity contribution in [1.82, 2.24) is 19.5 Å². The zero-order chi connectivity index (χ0) is 17.2. The molecule has 0 spiro atoms. The first-order valence-electron chi connectivity index (χ1n) is 7.39. The van der Waals surface area contributed by atoms with Gasteiger partial charge in [0.25, 0.3) is 0 Å². The van der Waals surface area contributed by atoms with E-state index in [2.05, 4.69) is 20.5 Å². The Morgan fingerprint density at radius 3 is 2.75 bits per heavy atom. The number of aromatic nitrogens is 3. The lowest BCUT2D eigenvalue weighted by Gasteiger charge is -2.31. The Morgan fingerprint density at radius 2 is 2.08 bits per heavy atom. The predicted molar refractivity (Wildman–Crippen MR) is 82.9 cm³/mol. The number of nitrogens with one attached hydrogen (secondary N) is 2. The smallest absolute Gasteiger partial charge is 0.243 e. The lowest BCUT2D eigenvalue weighted by Crippen LogP contribution is -2.43. The molecule has 24 heavy (non-hydrogen) atoms. The summed E-state index contributed by atoms with van der Waals surface area (Å²) in [7, 11) is -3.76. The van der Waals surface area contributed by atoms with Crippen LogP contribution < -0.4 is 5.32 Å². The van der Waals surface area contributed by atoms with Gasteiger partial charge in [0.2, 0.25) is 21.9 Å². The third kappa shape index (κ3) is 3.44. The van der Waals surface area contributed by atoms with Crippen molar-refractivity contribution in [2.45, 2.75) is 17.7 Å². The van der Waals surface area contributed by atoms with E-state index in [1.54, 1.807) is 0 Å². The number of benzene rings is 1. The molecule has 0 aliphatic carbocycles. The highest BCUT2D eigenvalue weighted by molar-refractivity contribution is 7.89. The van der Waals surface area contributed by atoms with Crippen LogP contribution in [0.25, 0.3) is 0 Å². The minimum absolute atomic E-state index is 0.0141. The molecule has 10 heteroatoms. The number of hydrogen-bond donors (Lipinski definition) is 2. The van der Waals surface area contributed by atoms with Crippen LogP contribution in [0, 0.1) is 11.7 Å². The van der Waals surface area contributed by atoms with Crippen molar-refractivity contribution in [2.24, 2.45) is 5.92 Å². The third-order valence-electron chi connectivity index (χ3n) is 3.86. The summed E-state index contributed by atoms with van der Waals surface area (Å²) in [4.78, 5) is 16.1. The van der Waals surface area contributed by atoms with Gasteiger partial charge in [0.15, 0.2) is 0 Å². The first-order valence-corrected chi connectivity index (χ1v) is 8.83. The lowest BCUT2D eigenvalue weighted by atomic mass is 9.99. The monoisotopic (exact) mass is 353 g/mol. The first-order chi connectivity index (χ1) is 11.5. The minimum atomic E-state index is -3.76. The summed E-state index contributed by atoms with van der Waals surface area (Å²) in [6.07, 6.45) is 2.41. The van der Waals surface area contributed by atoms with E-state index in [1.807, 2.05) is 0 Å². The van der Waals surface area contributed by atoms with E-state index in [-0.39, 0.29) is 23.3 Å². The predicted octanol–water partition coefficient (Wildman–Crippen LogP) is 0.983. The van der Waals surface area contributed by atoms with Crippen molar-refractivity contribution in [3.05, 3.63) is 36.4 Å². The number of anilines is 1. The molecule has 1 amide bonds. The molecule has 2 heterocycles. The number of amides is 1. The Kier molecular flexibility index (Phi) is 4.58. The number of rotatable bonds is 4. The highest BCUT2D eigenvalue weighted by Crippen LogP contribution is 2.24. The summed E-state index contributed by atoms with van der Waals surface area (Å²) in [6.45, 7) is 0.394. The quantitative estimate of drug-likeness (QED) is 0.852. The highest BCUT2D eigenvalue weighted by atomic mass is 32.2. The van der Waals surface area contributed by atoms with Crippen LogP contribution in [0.4, 0.5) is 10.3 Å². The van der Waals surface area contributed by atoms with Crippen LogP contribution in [-0.2, 0) is 14.8 Å². The molecule has 128 valence electrons. The number of carbonyl (C=O) groups excluding carboxylic acids is 1. The molecule has 0 bridgehead atoms. The maximum Gasteiger partial charge on any atom is 0.243 e. The van der Waals surface area contributed by atoms with Crippen LogP contribution in [0.1, 0.15) is 12.8 Å². The SMILES string of the molecule is O=C(Nc1ncn[nH]1)[C@@H]1CCCN(S(=O)(=O)c2ccc(F)cc2)C1. The maximum absolute atomic E-state index is 13.0. The Balaban J connectivity index is 1.72. The summed E-state index contributed by atoms with van der Waals surface area (Å²) >= 11 is 0. The second-order valence-electron chi connectivity index (χ2n) is 5.48. The molecule has 1 saturated heterocycles. The summed E-state index contributed by atoms with van der Waals surface area (Å²) in [5.74, 6) is -1.08. The number of sulfonamides is 1. The van der Waals surface area contributed by atoms with Gasteiger partial charge in [-0.1, -0.05) is 0 Å². The van der Waals surface area contributed by atoms with E-state index in [4.69, 9.17) is 0 Å². The first kappa shape index (κ1) is 16.5.